The molecule has 1 saturated heterocycles. The second kappa shape index (κ2) is 13.9. The number of carbonyl (C=O) groups is 4. The topological polar surface area (TPSA) is 182 Å². The van der Waals surface area contributed by atoms with Crippen molar-refractivity contribution < 1.29 is 41.8 Å². The third-order valence-corrected chi connectivity index (χ3v) is 12.1. The molecular formula is C37H47N5O9S. The highest BCUT2D eigenvalue weighted by Crippen LogP contribution is 2.46. The number of hydrogen-bond donors (Lipinski definition) is 3. The van der Waals surface area contributed by atoms with E-state index >= 15 is 0 Å². The van der Waals surface area contributed by atoms with Crippen LogP contribution in [-0.4, -0.2) is 89.8 Å². The molecule has 2 aromatic rings. The third-order valence-electron chi connectivity index (χ3n) is 10.3. The molecule has 2 saturated carbocycles. The Hall–Kier alpha value is -4.40. The molecular weight excluding hydrogens is 690 g/mol. The first-order valence-electron chi connectivity index (χ1n) is 18.3. The molecule has 0 bridgehead atoms. The Morgan fingerprint density at radius 1 is 1.10 bits per heavy atom. The summed E-state index contributed by atoms with van der Waals surface area (Å²) in [5, 5.41) is 5.88. The number of amides is 4. The number of alkyl carbamates (subject to hydrolysis) is 1. The van der Waals surface area contributed by atoms with E-state index in [-0.39, 0.29) is 19.4 Å². The number of nitrogens with zero attached hydrogens (tertiary/aromatic N) is 2. The number of ether oxygens (including phenoxy) is 3. The van der Waals surface area contributed by atoms with Crippen molar-refractivity contribution in [2.75, 3.05) is 13.2 Å². The van der Waals surface area contributed by atoms with Crippen LogP contribution in [0.4, 0.5) is 4.79 Å². The molecule has 1 aromatic heterocycles. The van der Waals surface area contributed by atoms with Gasteiger partial charge >= 0.3 is 6.09 Å². The van der Waals surface area contributed by atoms with Crippen molar-refractivity contribution in [3.63, 3.8) is 0 Å². The zero-order valence-electron chi connectivity index (χ0n) is 29.8. The van der Waals surface area contributed by atoms with E-state index in [9.17, 15) is 27.6 Å². The van der Waals surface area contributed by atoms with E-state index in [4.69, 9.17) is 19.2 Å². The smallest absolute Gasteiger partial charge is 0.408 e. The van der Waals surface area contributed by atoms with Crippen molar-refractivity contribution in [2.24, 2.45) is 5.92 Å². The molecule has 5 atom stereocenters. The Morgan fingerprint density at radius 2 is 1.88 bits per heavy atom. The van der Waals surface area contributed by atoms with Gasteiger partial charge in [0, 0.05) is 24.1 Å². The largest absolute Gasteiger partial charge is 0.492 e. The molecule has 52 heavy (non-hydrogen) atoms. The second-order valence-corrected chi connectivity index (χ2v) is 17.5. The fourth-order valence-corrected chi connectivity index (χ4v) is 8.76. The van der Waals surface area contributed by atoms with Crippen LogP contribution in [0.3, 0.4) is 0 Å². The SMILES string of the molecule is CC(C)(C)OC(=O)N[C@H]1CCCCC/C=C\C2C[C@@]2(C(=O)NS(=O)(=O)C2CC2)NC(=O)[C@@H]2C[C@@H](Oc3nc4ccccc4c4c3CCO4)CN2C1=O. The van der Waals surface area contributed by atoms with Crippen LogP contribution in [0.25, 0.3) is 10.9 Å². The van der Waals surface area contributed by atoms with Crippen LogP contribution < -0.4 is 24.8 Å². The van der Waals surface area contributed by atoms with Crippen molar-refractivity contribution >= 4 is 44.7 Å². The van der Waals surface area contributed by atoms with E-state index in [1.54, 1.807) is 20.8 Å². The van der Waals surface area contributed by atoms with E-state index < -0.39 is 74.3 Å². The number of benzene rings is 1. The average Bonchev–Trinajstić information content (AvgIpc) is 3.95. The van der Waals surface area contributed by atoms with Crippen LogP contribution in [0.1, 0.15) is 84.1 Å². The molecule has 2 aliphatic carbocycles. The standard InChI is InChI=1S/C37H47N5O9S/c1-36(2,3)51-35(46)39-28-14-8-6-4-5-7-11-22-20-37(22,34(45)41-52(47,48)24-15-16-24)40-31(43)29-19-23(21-42(29)33(28)44)50-32-26-17-18-49-30(26)25-12-9-10-13-27(25)38-32/h7,9-13,22-24,28-29H,4-6,8,14-21H2,1-3H3,(H,39,46)(H,40,43)(H,41,45)/b11-7-/t22?,23-,28+,29+,37-/m1/s1. The zero-order valence-corrected chi connectivity index (χ0v) is 30.6. The molecule has 1 aromatic carbocycles. The average molecular weight is 738 g/mol. The molecule has 14 nitrogen and oxygen atoms in total. The van der Waals surface area contributed by atoms with E-state index in [2.05, 4.69) is 15.4 Å². The number of sulfonamides is 1. The molecule has 280 valence electrons. The number of pyridine rings is 1. The van der Waals surface area contributed by atoms with Crippen LogP contribution in [0.5, 0.6) is 11.6 Å². The maximum Gasteiger partial charge on any atom is 0.408 e. The summed E-state index contributed by atoms with van der Waals surface area (Å²) in [6, 6.07) is 5.50. The van der Waals surface area contributed by atoms with Gasteiger partial charge in [-0.15, -0.1) is 0 Å². The number of rotatable bonds is 6. The summed E-state index contributed by atoms with van der Waals surface area (Å²) in [5.41, 5.74) is -0.796. The first kappa shape index (κ1) is 36.0. The molecule has 3 N–H and O–H groups in total. The van der Waals surface area contributed by atoms with Crippen LogP contribution in [0, 0.1) is 5.92 Å². The van der Waals surface area contributed by atoms with Gasteiger partial charge in [-0.3, -0.25) is 19.1 Å². The van der Waals surface area contributed by atoms with Crippen molar-refractivity contribution in [3.05, 3.63) is 42.0 Å². The Morgan fingerprint density at radius 3 is 2.65 bits per heavy atom. The lowest BCUT2D eigenvalue weighted by molar-refractivity contribution is -0.141. The highest BCUT2D eigenvalue weighted by molar-refractivity contribution is 7.91. The minimum absolute atomic E-state index is 0.00609. The summed E-state index contributed by atoms with van der Waals surface area (Å²) >= 11 is 0. The molecule has 3 aliphatic heterocycles. The molecule has 4 heterocycles. The van der Waals surface area contributed by atoms with Gasteiger partial charge in [-0.25, -0.2) is 18.2 Å². The summed E-state index contributed by atoms with van der Waals surface area (Å²) in [5.74, 6) is -1.22. The number of para-hydroxylation sites is 1. The third kappa shape index (κ3) is 7.55. The van der Waals surface area contributed by atoms with Crippen molar-refractivity contribution in [3.8, 4) is 11.6 Å². The van der Waals surface area contributed by atoms with Crippen LogP contribution in [-0.2, 0) is 35.6 Å². The number of carbonyl (C=O) groups excluding carboxylic acids is 4. The highest BCUT2D eigenvalue weighted by atomic mass is 32.2. The first-order valence-corrected chi connectivity index (χ1v) is 19.8. The predicted octanol–water partition coefficient (Wildman–Crippen LogP) is 3.41. The number of fused-ring (bicyclic) bond motifs is 5. The quantitative estimate of drug-likeness (QED) is 0.372. The van der Waals surface area contributed by atoms with E-state index in [1.165, 1.54) is 4.90 Å². The number of hydrogen-bond acceptors (Lipinski definition) is 10. The predicted molar refractivity (Wildman–Crippen MR) is 190 cm³/mol. The van der Waals surface area contributed by atoms with Gasteiger partial charge in [0.1, 0.15) is 35.1 Å². The normalized spacial score (nSPS) is 28.6. The van der Waals surface area contributed by atoms with Gasteiger partial charge in [-0.2, -0.15) is 0 Å². The summed E-state index contributed by atoms with van der Waals surface area (Å²) in [4.78, 5) is 61.7. The maximum atomic E-state index is 14.5. The summed E-state index contributed by atoms with van der Waals surface area (Å²) in [6.45, 7) is 5.67. The molecule has 0 radical (unpaired) electrons. The van der Waals surface area contributed by atoms with Crippen LogP contribution in [0.15, 0.2) is 36.4 Å². The Bertz CT molecular complexity index is 1910. The lowest BCUT2D eigenvalue weighted by Crippen LogP contribution is -2.58. The van der Waals surface area contributed by atoms with Gasteiger partial charge in [0.05, 0.1) is 29.5 Å². The number of allylic oxidation sites excluding steroid dienone is 1. The maximum absolute atomic E-state index is 14.5. The Labute approximate surface area is 303 Å². The lowest BCUT2D eigenvalue weighted by Gasteiger charge is -2.30. The molecule has 3 fully saturated rings. The van der Waals surface area contributed by atoms with E-state index in [1.807, 2.05) is 36.4 Å². The summed E-state index contributed by atoms with van der Waals surface area (Å²) < 4.78 is 45.8. The highest BCUT2D eigenvalue weighted by Gasteiger charge is 2.62. The van der Waals surface area contributed by atoms with Crippen LogP contribution in [0.2, 0.25) is 0 Å². The fraction of sp³-hybridized carbons (Fsp3) is 0.595. The summed E-state index contributed by atoms with van der Waals surface area (Å²) in [7, 11) is -3.88. The summed E-state index contributed by atoms with van der Waals surface area (Å²) in [6.07, 6.45) is 7.45. The van der Waals surface area contributed by atoms with Crippen molar-refractivity contribution in [1.82, 2.24) is 25.2 Å². The molecule has 4 amide bonds. The Balaban J connectivity index is 1.20. The van der Waals surface area contributed by atoms with Crippen LogP contribution >= 0.6 is 0 Å². The molecule has 0 spiro atoms. The zero-order chi connectivity index (χ0) is 36.8. The van der Waals surface area contributed by atoms with Crippen molar-refractivity contribution in [1.29, 1.82) is 0 Å². The van der Waals surface area contributed by atoms with Gasteiger partial charge in [0.15, 0.2) is 0 Å². The van der Waals surface area contributed by atoms with Gasteiger partial charge in [0.2, 0.25) is 27.7 Å². The second-order valence-electron chi connectivity index (χ2n) is 15.5. The van der Waals surface area contributed by atoms with Gasteiger partial charge in [-0.1, -0.05) is 37.1 Å². The number of nitrogens with one attached hydrogen (secondary N) is 3. The first-order chi connectivity index (χ1) is 24.7. The molecule has 1 unspecified atom stereocenters. The molecule has 7 rings (SSSR count). The minimum atomic E-state index is -3.88. The number of aromatic nitrogens is 1. The minimum Gasteiger partial charge on any atom is -0.492 e. The van der Waals surface area contributed by atoms with Gasteiger partial charge < -0.3 is 29.7 Å². The molecule has 5 aliphatic rings. The van der Waals surface area contributed by atoms with Gasteiger partial charge in [0.25, 0.3) is 5.91 Å². The Kier molecular flexibility index (Phi) is 9.59. The fourth-order valence-electron chi connectivity index (χ4n) is 7.39. The molecule has 15 heteroatoms. The van der Waals surface area contributed by atoms with Gasteiger partial charge in [-0.05, 0) is 71.4 Å². The van der Waals surface area contributed by atoms with Crippen molar-refractivity contribution in [2.45, 2.75) is 120 Å². The van der Waals surface area contributed by atoms with E-state index in [0.29, 0.717) is 62.3 Å². The lowest BCUT2D eigenvalue weighted by atomic mass is 10.0. The van der Waals surface area contributed by atoms with E-state index in [0.717, 1.165) is 23.8 Å². The monoisotopic (exact) mass is 737 g/mol.